The third-order valence-electron chi connectivity index (χ3n) is 8.06. The lowest BCUT2D eigenvalue weighted by Crippen LogP contribution is -2.59. The summed E-state index contributed by atoms with van der Waals surface area (Å²) in [4.78, 5) is 64.3. The van der Waals surface area contributed by atoms with Crippen molar-refractivity contribution in [2.75, 3.05) is 13.2 Å². The first-order chi connectivity index (χ1) is 20.1. The summed E-state index contributed by atoms with van der Waals surface area (Å²) in [6.45, 7) is 13.4. The van der Waals surface area contributed by atoms with E-state index in [0.717, 1.165) is 26.5 Å². The molecule has 0 aliphatic rings. The van der Waals surface area contributed by atoms with E-state index in [4.69, 9.17) is 9.47 Å². The fraction of sp³-hybridized carbons (Fsp3) is 0.581. The second-order valence-corrected chi connectivity index (χ2v) is 11.7. The Morgan fingerprint density at radius 2 is 1.37 bits per heavy atom. The Morgan fingerprint density at radius 3 is 1.86 bits per heavy atom. The highest BCUT2D eigenvalue weighted by molar-refractivity contribution is 5.95. The van der Waals surface area contributed by atoms with Crippen LogP contribution in [0.3, 0.4) is 0 Å². The molecule has 12 nitrogen and oxygen atoms in total. The second kappa shape index (κ2) is 15.1. The van der Waals surface area contributed by atoms with E-state index in [1.165, 1.54) is 30.3 Å². The van der Waals surface area contributed by atoms with E-state index in [1.807, 2.05) is 13.8 Å². The van der Waals surface area contributed by atoms with Crippen molar-refractivity contribution in [1.82, 2.24) is 13.7 Å². The van der Waals surface area contributed by atoms with Gasteiger partial charge < -0.3 is 19.7 Å². The molecular formula is C31H45N3O9. The van der Waals surface area contributed by atoms with Gasteiger partial charge in [-0.25, -0.2) is 37.7 Å². The Labute approximate surface area is 251 Å². The lowest BCUT2D eigenvalue weighted by atomic mass is 9.80. The Morgan fingerprint density at radius 1 is 0.860 bits per heavy atom. The molecule has 1 aromatic carbocycles. The minimum atomic E-state index is -1.46. The van der Waals surface area contributed by atoms with Crippen LogP contribution in [0, 0.1) is 5.41 Å². The number of esters is 2. The molecule has 1 aromatic heterocycles. The van der Waals surface area contributed by atoms with Crippen LogP contribution >= 0.6 is 0 Å². The van der Waals surface area contributed by atoms with Crippen LogP contribution < -0.4 is 17.1 Å². The Hall–Kier alpha value is -3.77. The molecule has 0 spiro atoms. The van der Waals surface area contributed by atoms with Crippen LogP contribution in [0.25, 0.3) is 0 Å². The van der Waals surface area contributed by atoms with Crippen molar-refractivity contribution >= 4 is 11.9 Å². The number of benzene rings is 1. The molecule has 0 saturated heterocycles. The van der Waals surface area contributed by atoms with Crippen molar-refractivity contribution < 1.29 is 29.3 Å². The Bertz CT molecular complexity index is 1460. The van der Waals surface area contributed by atoms with Crippen LogP contribution in [0.15, 0.2) is 51.3 Å². The molecule has 2 unspecified atom stereocenters. The number of hydrogen-bond donors (Lipinski definition) is 2. The Balaban J connectivity index is 2.13. The van der Waals surface area contributed by atoms with Gasteiger partial charge in [-0.1, -0.05) is 52.7 Å². The Kier molecular flexibility index (Phi) is 12.4. The van der Waals surface area contributed by atoms with Crippen LogP contribution in [-0.2, 0) is 28.1 Å². The highest BCUT2D eigenvalue weighted by atomic mass is 16.5. The van der Waals surface area contributed by atoms with Crippen molar-refractivity contribution in [1.29, 1.82) is 0 Å². The lowest BCUT2D eigenvalue weighted by molar-refractivity contribution is 0.0109. The van der Waals surface area contributed by atoms with E-state index >= 15 is 0 Å². The monoisotopic (exact) mass is 603 g/mol. The topological polar surface area (TPSA) is 159 Å². The molecule has 2 N–H and O–H groups in total. The average Bonchev–Trinajstić information content (AvgIpc) is 2.98. The van der Waals surface area contributed by atoms with Crippen LogP contribution in [0.1, 0.15) is 87.9 Å². The molecule has 2 atom stereocenters. The summed E-state index contributed by atoms with van der Waals surface area (Å²) >= 11 is 0. The number of ether oxygens (including phenoxy) is 2. The van der Waals surface area contributed by atoms with E-state index in [2.05, 4.69) is 13.5 Å². The molecule has 0 aliphatic carbocycles. The lowest BCUT2D eigenvalue weighted by Gasteiger charge is -2.29. The molecule has 0 radical (unpaired) electrons. The first kappa shape index (κ1) is 35.4. The summed E-state index contributed by atoms with van der Waals surface area (Å²) in [6, 6.07) is 5.60. The number of rotatable bonds is 16. The zero-order chi connectivity index (χ0) is 32.5. The van der Waals surface area contributed by atoms with Crippen LogP contribution in [-0.4, -0.2) is 61.3 Å². The molecule has 238 valence electrons. The van der Waals surface area contributed by atoms with Crippen molar-refractivity contribution in [2.24, 2.45) is 5.41 Å². The molecule has 0 saturated carbocycles. The molecule has 0 amide bonds. The minimum absolute atomic E-state index is 0.00971. The predicted octanol–water partition coefficient (Wildman–Crippen LogP) is 2.45. The van der Waals surface area contributed by atoms with Crippen molar-refractivity contribution in [3.63, 3.8) is 0 Å². The zero-order valence-electron chi connectivity index (χ0n) is 26.0. The van der Waals surface area contributed by atoms with Gasteiger partial charge in [-0.05, 0) is 50.3 Å². The number of carbonyl (C=O) groups is 2. The third-order valence-corrected chi connectivity index (χ3v) is 8.06. The van der Waals surface area contributed by atoms with Crippen molar-refractivity contribution in [3.8, 4) is 0 Å². The largest absolute Gasteiger partial charge is 0.459 e. The summed E-state index contributed by atoms with van der Waals surface area (Å²) in [6.07, 6.45) is 1.70. The zero-order valence-corrected chi connectivity index (χ0v) is 26.0. The first-order valence-corrected chi connectivity index (χ1v) is 14.5. The summed E-state index contributed by atoms with van der Waals surface area (Å²) in [7, 11) is 0. The number of aliphatic hydroxyl groups is 2. The normalized spacial score (nSPS) is 13.3. The minimum Gasteiger partial charge on any atom is -0.459 e. The maximum absolute atomic E-state index is 13.2. The van der Waals surface area contributed by atoms with Gasteiger partial charge in [0.2, 0.25) is 0 Å². The standard InChI is InChI=1S/C31H45N3O9/c1-8-15-32-27(39)33(29(41)34(28(32)40)30(5,6)9-2)18-24(36)20-43-26(38)22-14-12-13-21(16-22)25(37)42-19-23(35)17-31(7,10-3)11-4/h8,12-14,16,23-24,35-36H,1,9-11,15,17-20H2,2-7H3. The highest BCUT2D eigenvalue weighted by Crippen LogP contribution is 2.31. The number of aromatic nitrogens is 3. The average molecular weight is 604 g/mol. The molecule has 0 fully saturated rings. The van der Waals surface area contributed by atoms with Gasteiger partial charge in [-0.2, -0.15) is 0 Å². The van der Waals surface area contributed by atoms with Gasteiger partial charge in [-0.3, -0.25) is 0 Å². The molecule has 43 heavy (non-hydrogen) atoms. The molecule has 1 heterocycles. The van der Waals surface area contributed by atoms with Crippen LogP contribution in [0.2, 0.25) is 0 Å². The molecule has 0 aliphatic heterocycles. The van der Waals surface area contributed by atoms with Gasteiger partial charge in [0.25, 0.3) is 0 Å². The smallest absolute Gasteiger partial charge is 0.338 e. The molecule has 2 rings (SSSR count). The number of nitrogens with zero attached hydrogens (tertiary/aromatic N) is 3. The maximum Gasteiger partial charge on any atom is 0.338 e. The second-order valence-electron chi connectivity index (χ2n) is 11.7. The van der Waals surface area contributed by atoms with Gasteiger partial charge in [0.05, 0.1) is 30.3 Å². The molecule has 0 bridgehead atoms. The van der Waals surface area contributed by atoms with Gasteiger partial charge >= 0.3 is 29.0 Å². The quantitative estimate of drug-likeness (QED) is 0.217. The maximum atomic E-state index is 13.2. The van der Waals surface area contributed by atoms with E-state index < -0.39 is 59.9 Å². The van der Waals surface area contributed by atoms with E-state index in [0.29, 0.717) is 12.8 Å². The fourth-order valence-corrected chi connectivity index (χ4v) is 4.46. The summed E-state index contributed by atoms with van der Waals surface area (Å²) < 4.78 is 13.0. The highest BCUT2D eigenvalue weighted by Gasteiger charge is 2.28. The molecular weight excluding hydrogens is 558 g/mol. The number of carbonyl (C=O) groups excluding carboxylic acids is 2. The van der Waals surface area contributed by atoms with Gasteiger partial charge in [0, 0.05) is 5.54 Å². The third kappa shape index (κ3) is 8.87. The van der Waals surface area contributed by atoms with Gasteiger partial charge in [0.1, 0.15) is 19.3 Å². The van der Waals surface area contributed by atoms with E-state index in [9.17, 15) is 34.2 Å². The SMILES string of the molecule is C=CCn1c(=O)n(CC(O)COC(=O)c2cccc(C(=O)OCC(O)CC(C)(CC)CC)c2)c(=O)n(C(C)(C)CC)c1=O. The van der Waals surface area contributed by atoms with Gasteiger partial charge in [0.15, 0.2) is 0 Å². The van der Waals surface area contributed by atoms with Crippen LogP contribution in [0.4, 0.5) is 0 Å². The predicted molar refractivity (Wildman–Crippen MR) is 161 cm³/mol. The summed E-state index contributed by atoms with van der Waals surface area (Å²) in [5.41, 5.74) is -3.50. The number of aliphatic hydroxyl groups excluding tert-OH is 2. The van der Waals surface area contributed by atoms with Crippen LogP contribution in [0.5, 0.6) is 0 Å². The molecule has 12 heteroatoms. The fourth-order valence-electron chi connectivity index (χ4n) is 4.46. The van der Waals surface area contributed by atoms with E-state index in [1.54, 1.807) is 20.8 Å². The first-order valence-electron chi connectivity index (χ1n) is 14.5. The summed E-state index contributed by atoms with van der Waals surface area (Å²) in [5.74, 6) is -1.58. The number of allylic oxidation sites excluding steroid dienone is 1. The summed E-state index contributed by atoms with van der Waals surface area (Å²) in [5, 5.41) is 20.9. The van der Waals surface area contributed by atoms with Crippen molar-refractivity contribution in [3.05, 3.63) is 79.5 Å². The van der Waals surface area contributed by atoms with Gasteiger partial charge in [-0.15, -0.1) is 6.58 Å². The van der Waals surface area contributed by atoms with E-state index in [-0.39, 0.29) is 29.7 Å². The molecule has 2 aromatic rings. The number of hydrogen-bond acceptors (Lipinski definition) is 9. The van der Waals surface area contributed by atoms with Crippen molar-refractivity contribution in [2.45, 2.75) is 98.1 Å².